The molecule has 0 unspecified atom stereocenters. The van der Waals surface area contributed by atoms with Crippen molar-refractivity contribution >= 4 is 27.5 Å². The maximum absolute atomic E-state index is 5.09. The number of hydrogen-bond acceptors (Lipinski definition) is 2. The van der Waals surface area contributed by atoms with Crippen LogP contribution in [0, 0.1) is 0 Å². The molecular weight excluding hydrogens is 342 g/mol. The van der Waals surface area contributed by atoms with E-state index in [1.807, 2.05) is 6.20 Å². The van der Waals surface area contributed by atoms with E-state index in [-0.39, 0.29) is 16.2 Å². The summed E-state index contributed by atoms with van der Waals surface area (Å²) in [4.78, 5) is 9.79. The van der Waals surface area contributed by atoms with Gasteiger partial charge in [0.25, 0.3) is 0 Å². The summed E-state index contributed by atoms with van der Waals surface area (Å²) < 4.78 is 2.31. The molecule has 144 valence electrons. The Bertz CT molecular complexity index is 1270. The van der Waals surface area contributed by atoms with Gasteiger partial charge in [0.15, 0.2) is 0 Å². The average Bonchev–Trinajstić information content (AvgIpc) is 3.05. The predicted molar refractivity (Wildman–Crippen MR) is 117 cm³/mol. The van der Waals surface area contributed by atoms with Gasteiger partial charge in [-0.05, 0) is 46.6 Å². The molecule has 4 aromatic rings. The first-order valence-corrected chi connectivity index (χ1v) is 10.2. The molecule has 0 radical (unpaired) electrons. The fourth-order valence-electron chi connectivity index (χ4n) is 5.64. The highest BCUT2D eigenvalue weighted by atomic mass is 15.0. The minimum absolute atomic E-state index is 0.00285. The Morgan fingerprint density at radius 3 is 2.39 bits per heavy atom. The van der Waals surface area contributed by atoms with Gasteiger partial charge < -0.3 is 0 Å². The molecule has 5 rings (SSSR count). The second-order valence-corrected chi connectivity index (χ2v) is 10.8. The highest BCUT2D eigenvalue weighted by molar-refractivity contribution is 6.00. The zero-order valence-corrected chi connectivity index (χ0v) is 18.0. The largest absolute Gasteiger partial charge is 0.299 e. The Morgan fingerprint density at radius 2 is 1.68 bits per heavy atom. The molecule has 0 atom stereocenters. The van der Waals surface area contributed by atoms with Crippen LogP contribution in [0.3, 0.4) is 0 Å². The Kier molecular flexibility index (Phi) is 3.24. The molecule has 0 bridgehead atoms. The van der Waals surface area contributed by atoms with Crippen molar-refractivity contribution < 1.29 is 0 Å². The van der Waals surface area contributed by atoms with E-state index in [2.05, 4.69) is 83.3 Å². The number of fused-ring (bicyclic) bond motifs is 7. The molecule has 3 heterocycles. The number of pyridine rings is 2. The van der Waals surface area contributed by atoms with Gasteiger partial charge in [-0.25, -0.2) is 4.98 Å². The van der Waals surface area contributed by atoms with Crippen LogP contribution >= 0.6 is 0 Å². The first kappa shape index (κ1) is 17.7. The lowest BCUT2D eigenvalue weighted by Gasteiger charge is -2.22. The van der Waals surface area contributed by atoms with Gasteiger partial charge in [-0.2, -0.15) is 0 Å². The van der Waals surface area contributed by atoms with E-state index in [9.17, 15) is 0 Å². The van der Waals surface area contributed by atoms with Gasteiger partial charge in [0, 0.05) is 28.6 Å². The molecular formula is C25H29N3. The molecule has 1 aliphatic rings. The Balaban J connectivity index is 1.95. The minimum Gasteiger partial charge on any atom is -0.299 e. The fourth-order valence-corrected chi connectivity index (χ4v) is 5.64. The smallest absolute Gasteiger partial charge is 0.145 e. The van der Waals surface area contributed by atoms with Gasteiger partial charge in [-0.1, -0.05) is 54.5 Å². The maximum atomic E-state index is 5.09. The number of aromatic nitrogens is 3. The van der Waals surface area contributed by atoms with Crippen molar-refractivity contribution in [2.75, 3.05) is 0 Å². The van der Waals surface area contributed by atoms with Gasteiger partial charge in [0.1, 0.15) is 5.65 Å². The molecule has 28 heavy (non-hydrogen) atoms. The molecule has 3 aromatic heterocycles. The average molecular weight is 372 g/mol. The minimum atomic E-state index is -0.00285. The van der Waals surface area contributed by atoms with Crippen LogP contribution in [0.5, 0.6) is 0 Å². The maximum Gasteiger partial charge on any atom is 0.145 e. The summed E-state index contributed by atoms with van der Waals surface area (Å²) in [6, 6.07) is 8.86. The van der Waals surface area contributed by atoms with Crippen LogP contribution in [0.4, 0.5) is 0 Å². The van der Waals surface area contributed by atoms with E-state index in [0.717, 1.165) is 23.3 Å². The molecule has 3 nitrogen and oxygen atoms in total. The van der Waals surface area contributed by atoms with E-state index < -0.39 is 0 Å². The van der Waals surface area contributed by atoms with E-state index in [0.29, 0.717) is 0 Å². The summed E-state index contributed by atoms with van der Waals surface area (Å²) in [5.74, 6) is 0. The lowest BCUT2D eigenvalue weighted by atomic mass is 9.82. The molecule has 0 saturated carbocycles. The van der Waals surface area contributed by atoms with Crippen LogP contribution in [0.15, 0.2) is 36.7 Å². The first-order chi connectivity index (χ1) is 13.0. The van der Waals surface area contributed by atoms with E-state index in [1.165, 1.54) is 27.4 Å². The molecule has 0 fully saturated rings. The van der Waals surface area contributed by atoms with Crippen molar-refractivity contribution in [1.82, 2.24) is 14.4 Å². The third kappa shape index (κ3) is 2.22. The summed E-state index contributed by atoms with van der Waals surface area (Å²) in [5, 5.41) is 2.39. The van der Waals surface area contributed by atoms with Crippen LogP contribution in [0.1, 0.15) is 71.7 Å². The standard InChI is InChI=1S/C25H29N3/c1-23(2,3)21-15-11-13-28-20-18(27-22(28)16(15)10-12-26-21)9-8-17-19(20)25(6,7)14-24(17,4)5/h8-13H,14H2,1-7H3. The van der Waals surface area contributed by atoms with Crippen molar-refractivity contribution in [3.63, 3.8) is 0 Å². The van der Waals surface area contributed by atoms with Crippen molar-refractivity contribution in [3.8, 4) is 0 Å². The summed E-state index contributed by atoms with van der Waals surface area (Å²) >= 11 is 0. The van der Waals surface area contributed by atoms with Crippen molar-refractivity contribution in [2.45, 2.75) is 71.1 Å². The van der Waals surface area contributed by atoms with Crippen molar-refractivity contribution in [1.29, 1.82) is 0 Å². The monoisotopic (exact) mass is 371 g/mol. The van der Waals surface area contributed by atoms with Crippen molar-refractivity contribution in [2.24, 2.45) is 0 Å². The van der Waals surface area contributed by atoms with Gasteiger partial charge in [-0.15, -0.1) is 0 Å². The summed E-state index contributed by atoms with van der Waals surface area (Å²) in [7, 11) is 0. The molecule has 0 aliphatic heterocycles. The summed E-state index contributed by atoms with van der Waals surface area (Å²) in [6.07, 6.45) is 5.29. The van der Waals surface area contributed by atoms with Crippen LogP contribution in [-0.4, -0.2) is 14.4 Å². The Morgan fingerprint density at radius 1 is 0.929 bits per heavy atom. The Hall–Kier alpha value is -2.42. The number of nitrogens with zero attached hydrogens (tertiary/aromatic N) is 3. The molecule has 0 spiro atoms. The zero-order chi connectivity index (χ0) is 20.1. The second-order valence-electron chi connectivity index (χ2n) is 10.8. The molecule has 3 heteroatoms. The first-order valence-electron chi connectivity index (χ1n) is 10.2. The number of rotatable bonds is 0. The summed E-state index contributed by atoms with van der Waals surface area (Å²) in [5.41, 5.74) is 7.79. The zero-order valence-electron chi connectivity index (χ0n) is 18.0. The lowest BCUT2D eigenvalue weighted by molar-refractivity contribution is 0.404. The van der Waals surface area contributed by atoms with Crippen LogP contribution < -0.4 is 0 Å². The molecule has 0 saturated heterocycles. The van der Waals surface area contributed by atoms with Crippen LogP contribution in [-0.2, 0) is 16.2 Å². The highest BCUT2D eigenvalue weighted by Crippen LogP contribution is 2.51. The number of imidazole rings is 1. The molecule has 0 N–H and O–H groups in total. The predicted octanol–water partition coefficient (Wildman–Crippen LogP) is 6.29. The fraction of sp³-hybridized carbons (Fsp3) is 0.440. The third-order valence-corrected chi connectivity index (χ3v) is 6.47. The molecule has 0 amide bonds. The Labute approximate surface area is 166 Å². The number of benzene rings is 1. The van der Waals surface area contributed by atoms with Gasteiger partial charge >= 0.3 is 0 Å². The quantitative estimate of drug-likeness (QED) is 0.363. The van der Waals surface area contributed by atoms with Crippen LogP contribution in [0.25, 0.3) is 27.5 Å². The van der Waals surface area contributed by atoms with Gasteiger partial charge in [0.2, 0.25) is 0 Å². The van der Waals surface area contributed by atoms with E-state index in [4.69, 9.17) is 9.97 Å². The second kappa shape index (κ2) is 5.14. The third-order valence-electron chi connectivity index (χ3n) is 6.47. The van der Waals surface area contributed by atoms with Gasteiger partial charge in [0.05, 0.1) is 16.7 Å². The summed E-state index contributed by atoms with van der Waals surface area (Å²) in [6.45, 7) is 16.2. The SMILES string of the molecule is CC(C)(C)c1nccc2c1ccn1c2nc2ccc3c(c21)C(C)(C)CC3(C)C. The van der Waals surface area contributed by atoms with Crippen LogP contribution in [0.2, 0.25) is 0 Å². The van der Waals surface area contributed by atoms with Crippen molar-refractivity contribution in [3.05, 3.63) is 53.5 Å². The van der Waals surface area contributed by atoms with E-state index >= 15 is 0 Å². The molecule has 1 aliphatic carbocycles. The number of hydrogen-bond donors (Lipinski definition) is 0. The normalized spacial score (nSPS) is 18.2. The van der Waals surface area contributed by atoms with E-state index in [1.54, 1.807) is 0 Å². The van der Waals surface area contributed by atoms with Gasteiger partial charge in [-0.3, -0.25) is 9.38 Å². The lowest BCUT2D eigenvalue weighted by Crippen LogP contribution is -2.18. The molecule has 1 aromatic carbocycles. The topological polar surface area (TPSA) is 30.2 Å². The highest BCUT2D eigenvalue weighted by Gasteiger charge is 2.43.